The molecule has 23 heavy (non-hydrogen) atoms. The van der Waals surface area contributed by atoms with Crippen molar-refractivity contribution in [1.82, 2.24) is 19.6 Å². The summed E-state index contributed by atoms with van der Waals surface area (Å²) in [6, 6.07) is 11.3. The smallest absolute Gasteiger partial charge is 0.0870 e. The lowest BCUT2D eigenvalue weighted by Crippen LogP contribution is -2.50. The molecule has 5 heteroatoms. The highest BCUT2D eigenvalue weighted by Crippen LogP contribution is 2.25. The van der Waals surface area contributed by atoms with Crippen molar-refractivity contribution in [2.75, 3.05) is 26.2 Å². The molecule has 2 aromatic rings. The minimum absolute atomic E-state index is 0.337. The Morgan fingerprint density at radius 2 is 2.00 bits per heavy atom. The molecule has 0 N–H and O–H groups in total. The van der Waals surface area contributed by atoms with Gasteiger partial charge < -0.3 is 4.74 Å². The third-order valence-electron chi connectivity index (χ3n) is 4.89. The first-order valence-corrected chi connectivity index (χ1v) is 8.37. The number of aromatic nitrogens is 2. The van der Waals surface area contributed by atoms with Crippen LogP contribution in [-0.2, 0) is 24.9 Å². The van der Waals surface area contributed by atoms with Crippen LogP contribution in [0.15, 0.2) is 42.7 Å². The average molecular weight is 312 g/mol. The zero-order chi connectivity index (χ0) is 15.6. The van der Waals surface area contributed by atoms with Crippen LogP contribution in [0.4, 0.5) is 0 Å². The number of fused-ring (bicyclic) bond motifs is 1. The SMILES string of the molecule is Cn1cc(CN2C[C@@H]3OCCN(Cc4ccccc4)[C@H]3C2)cn1. The van der Waals surface area contributed by atoms with Gasteiger partial charge in [-0.2, -0.15) is 5.10 Å². The zero-order valence-electron chi connectivity index (χ0n) is 13.6. The van der Waals surface area contributed by atoms with E-state index in [1.165, 1.54) is 11.1 Å². The molecule has 0 aliphatic carbocycles. The van der Waals surface area contributed by atoms with E-state index in [9.17, 15) is 0 Å². The summed E-state index contributed by atoms with van der Waals surface area (Å²) in [5, 5.41) is 4.27. The van der Waals surface area contributed by atoms with E-state index in [4.69, 9.17) is 4.74 Å². The summed E-state index contributed by atoms with van der Waals surface area (Å²) in [6.45, 7) is 5.94. The second-order valence-corrected chi connectivity index (χ2v) is 6.65. The number of nitrogens with zero attached hydrogens (tertiary/aromatic N) is 4. The number of aryl methyl sites for hydroxylation is 1. The Kier molecular flexibility index (Phi) is 4.16. The van der Waals surface area contributed by atoms with Gasteiger partial charge in [-0.15, -0.1) is 0 Å². The Bertz CT molecular complexity index is 641. The summed E-state index contributed by atoms with van der Waals surface area (Å²) >= 11 is 0. The molecule has 2 aliphatic rings. The van der Waals surface area contributed by atoms with Gasteiger partial charge in [0.1, 0.15) is 0 Å². The molecule has 3 heterocycles. The quantitative estimate of drug-likeness (QED) is 0.857. The Labute approximate surface area is 137 Å². The van der Waals surface area contributed by atoms with Crippen LogP contribution < -0.4 is 0 Å². The second-order valence-electron chi connectivity index (χ2n) is 6.65. The van der Waals surface area contributed by atoms with Crippen LogP contribution in [0.1, 0.15) is 11.1 Å². The summed E-state index contributed by atoms with van der Waals surface area (Å²) in [7, 11) is 1.97. The van der Waals surface area contributed by atoms with Gasteiger partial charge in [0.2, 0.25) is 0 Å². The van der Waals surface area contributed by atoms with Gasteiger partial charge >= 0.3 is 0 Å². The predicted octanol–water partition coefficient (Wildman–Crippen LogP) is 1.51. The molecule has 122 valence electrons. The highest BCUT2D eigenvalue weighted by Gasteiger charge is 2.39. The van der Waals surface area contributed by atoms with Crippen molar-refractivity contribution in [1.29, 1.82) is 0 Å². The van der Waals surface area contributed by atoms with Gasteiger partial charge in [-0.05, 0) is 5.56 Å². The molecule has 0 unspecified atom stereocenters. The molecule has 0 amide bonds. The molecule has 0 spiro atoms. The van der Waals surface area contributed by atoms with E-state index in [-0.39, 0.29) is 0 Å². The molecule has 0 saturated carbocycles. The maximum Gasteiger partial charge on any atom is 0.0870 e. The fourth-order valence-corrected chi connectivity index (χ4v) is 3.79. The van der Waals surface area contributed by atoms with Crippen LogP contribution in [0, 0.1) is 0 Å². The third kappa shape index (κ3) is 3.32. The van der Waals surface area contributed by atoms with E-state index in [0.717, 1.165) is 39.3 Å². The number of hydrogen-bond donors (Lipinski definition) is 0. The van der Waals surface area contributed by atoms with Crippen molar-refractivity contribution >= 4 is 0 Å². The molecule has 5 nitrogen and oxygen atoms in total. The van der Waals surface area contributed by atoms with Crippen molar-refractivity contribution in [2.45, 2.75) is 25.2 Å². The van der Waals surface area contributed by atoms with E-state index >= 15 is 0 Å². The second kappa shape index (κ2) is 6.43. The van der Waals surface area contributed by atoms with Gasteiger partial charge in [0.25, 0.3) is 0 Å². The van der Waals surface area contributed by atoms with Gasteiger partial charge in [-0.1, -0.05) is 30.3 Å². The van der Waals surface area contributed by atoms with E-state index in [1.54, 1.807) is 0 Å². The predicted molar refractivity (Wildman–Crippen MR) is 88.9 cm³/mol. The Hall–Kier alpha value is -1.69. The van der Waals surface area contributed by atoms with Crippen LogP contribution in [0.2, 0.25) is 0 Å². The Balaban J connectivity index is 1.42. The first-order valence-electron chi connectivity index (χ1n) is 8.37. The fourth-order valence-electron chi connectivity index (χ4n) is 3.79. The lowest BCUT2D eigenvalue weighted by atomic mass is 10.1. The largest absolute Gasteiger partial charge is 0.374 e. The number of hydrogen-bond acceptors (Lipinski definition) is 4. The molecular formula is C18H24N4O. The standard InChI is InChI=1S/C18H24N4O/c1-20-10-16(9-19-20)11-21-13-17-18(14-21)23-8-7-22(17)12-15-5-3-2-4-6-15/h2-6,9-10,17-18H,7-8,11-14H2,1H3/t17-,18-/m0/s1. The lowest BCUT2D eigenvalue weighted by Gasteiger charge is -2.37. The third-order valence-corrected chi connectivity index (χ3v) is 4.89. The van der Waals surface area contributed by atoms with Crippen LogP contribution in [0.25, 0.3) is 0 Å². The van der Waals surface area contributed by atoms with E-state index in [0.29, 0.717) is 12.1 Å². The summed E-state index contributed by atoms with van der Waals surface area (Å²) in [4.78, 5) is 5.09. The molecule has 0 radical (unpaired) electrons. The summed E-state index contributed by atoms with van der Waals surface area (Å²) in [5.41, 5.74) is 2.67. The number of benzene rings is 1. The highest BCUT2D eigenvalue weighted by molar-refractivity contribution is 5.15. The van der Waals surface area contributed by atoms with Gasteiger partial charge in [0, 0.05) is 51.5 Å². The van der Waals surface area contributed by atoms with Crippen LogP contribution >= 0.6 is 0 Å². The fraction of sp³-hybridized carbons (Fsp3) is 0.500. The number of ether oxygens (including phenoxy) is 1. The van der Waals surface area contributed by atoms with E-state index < -0.39 is 0 Å². The molecule has 0 bridgehead atoms. The first-order chi connectivity index (χ1) is 11.3. The molecule has 2 aliphatic heterocycles. The molecule has 2 atom stereocenters. The molecule has 1 aromatic carbocycles. The maximum atomic E-state index is 6.04. The zero-order valence-corrected chi connectivity index (χ0v) is 13.6. The topological polar surface area (TPSA) is 33.5 Å². The molecule has 2 saturated heterocycles. The lowest BCUT2D eigenvalue weighted by molar-refractivity contribution is -0.0504. The summed E-state index contributed by atoms with van der Waals surface area (Å²) in [5.74, 6) is 0. The summed E-state index contributed by atoms with van der Waals surface area (Å²) in [6.07, 6.45) is 4.40. The van der Waals surface area contributed by atoms with Crippen molar-refractivity contribution in [3.8, 4) is 0 Å². The van der Waals surface area contributed by atoms with E-state index in [2.05, 4.69) is 51.4 Å². The summed E-state index contributed by atoms with van der Waals surface area (Å²) < 4.78 is 7.91. The minimum Gasteiger partial charge on any atom is -0.374 e. The Morgan fingerprint density at radius 3 is 2.78 bits per heavy atom. The van der Waals surface area contributed by atoms with E-state index in [1.807, 2.05) is 17.9 Å². The van der Waals surface area contributed by atoms with Crippen LogP contribution in [-0.4, -0.2) is 58.0 Å². The normalized spacial score (nSPS) is 25.6. The van der Waals surface area contributed by atoms with Crippen LogP contribution in [0.3, 0.4) is 0 Å². The molecule has 1 aromatic heterocycles. The monoisotopic (exact) mass is 312 g/mol. The first kappa shape index (κ1) is 14.9. The van der Waals surface area contributed by atoms with Gasteiger partial charge in [0.15, 0.2) is 0 Å². The van der Waals surface area contributed by atoms with Crippen molar-refractivity contribution < 1.29 is 4.74 Å². The van der Waals surface area contributed by atoms with Crippen molar-refractivity contribution in [3.63, 3.8) is 0 Å². The van der Waals surface area contributed by atoms with Gasteiger partial charge in [-0.3, -0.25) is 14.5 Å². The minimum atomic E-state index is 0.337. The molecular weight excluding hydrogens is 288 g/mol. The van der Waals surface area contributed by atoms with Gasteiger partial charge in [-0.25, -0.2) is 0 Å². The molecule has 4 rings (SSSR count). The van der Waals surface area contributed by atoms with Crippen LogP contribution in [0.5, 0.6) is 0 Å². The van der Waals surface area contributed by atoms with Crippen molar-refractivity contribution in [2.24, 2.45) is 7.05 Å². The number of morpholine rings is 1. The molecule has 2 fully saturated rings. The number of likely N-dealkylation sites (tertiary alicyclic amines) is 1. The van der Waals surface area contributed by atoms with Gasteiger partial charge in [0.05, 0.1) is 24.9 Å². The Morgan fingerprint density at radius 1 is 1.13 bits per heavy atom. The maximum absolute atomic E-state index is 6.04. The average Bonchev–Trinajstić information content (AvgIpc) is 3.15. The number of rotatable bonds is 4. The highest BCUT2D eigenvalue weighted by atomic mass is 16.5. The van der Waals surface area contributed by atoms with Crippen molar-refractivity contribution in [3.05, 3.63) is 53.9 Å².